The monoisotopic (exact) mass is 1020 g/mol. The highest BCUT2D eigenvalue weighted by Gasteiger charge is 2.73. The van der Waals surface area contributed by atoms with Gasteiger partial charge in [0.1, 0.15) is 72.7 Å². The first-order chi connectivity index (χ1) is 33.6. The van der Waals surface area contributed by atoms with Crippen LogP contribution in [0.4, 0.5) is 0 Å². The molecule has 71 heavy (non-hydrogen) atoms. The quantitative estimate of drug-likeness (QED) is 0.0924. The predicted octanol–water partition coefficient (Wildman–Crippen LogP) is -4.16. The first-order valence-electron chi connectivity index (χ1n) is 25.5. The number of hydrogen-bond acceptors (Lipinski definition) is 23. The smallest absolute Gasteiger partial charge is 0.202 e. The molecule has 13 N–H and O–H groups in total. The van der Waals surface area contributed by atoms with E-state index in [1.165, 1.54) is 6.92 Å². The maximum atomic E-state index is 11.8. The summed E-state index contributed by atoms with van der Waals surface area (Å²) in [6.45, 7) is 5.26. The summed E-state index contributed by atoms with van der Waals surface area (Å²) in [4.78, 5) is 0. The van der Waals surface area contributed by atoms with Crippen LogP contribution in [0.15, 0.2) is 11.6 Å². The van der Waals surface area contributed by atoms with E-state index in [1.54, 1.807) is 6.92 Å². The molecular formula is C48H76O23. The lowest BCUT2D eigenvalue weighted by Crippen LogP contribution is -2.65. The Morgan fingerprint density at radius 1 is 0.690 bits per heavy atom. The van der Waals surface area contributed by atoms with Crippen LogP contribution in [-0.2, 0) is 47.4 Å². The Morgan fingerprint density at radius 3 is 2.11 bits per heavy atom. The highest BCUT2D eigenvalue weighted by atomic mass is 16.8. The van der Waals surface area contributed by atoms with E-state index in [-0.39, 0.29) is 60.7 Å². The molecule has 6 saturated heterocycles. The van der Waals surface area contributed by atoms with Crippen LogP contribution in [0.1, 0.15) is 66.2 Å². The molecule has 0 unspecified atom stereocenters. The highest BCUT2D eigenvalue weighted by molar-refractivity contribution is 5.29. The summed E-state index contributed by atoms with van der Waals surface area (Å²) in [5.74, 6) is -2.43. The molecule has 30 atom stereocenters. The molecule has 0 bridgehead atoms. The lowest BCUT2D eigenvalue weighted by molar-refractivity contribution is -0.387. The number of fused-ring (bicyclic) bond motifs is 7. The van der Waals surface area contributed by atoms with Crippen LogP contribution in [0.2, 0.25) is 0 Å². The van der Waals surface area contributed by atoms with Crippen molar-refractivity contribution in [2.45, 2.75) is 200 Å². The van der Waals surface area contributed by atoms with Gasteiger partial charge in [-0.2, -0.15) is 0 Å². The fraction of sp³-hybridized carbons (Fsp3) is 0.958. The maximum absolute atomic E-state index is 11.8. The van der Waals surface area contributed by atoms with Crippen molar-refractivity contribution >= 4 is 0 Å². The van der Waals surface area contributed by atoms with Crippen LogP contribution >= 0.6 is 0 Å². The highest BCUT2D eigenvalue weighted by Crippen LogP contribution is 2.71. The fourth-order valence-corrected chi connectivity index (χ4v) is 14.9. The molecule has 3 saturated carbocycles. The molecule has 0 aromatic carbocycles. The predicted molar refractivity (Wildman–Crippen MR) is 234 cm³/mol. The lowest BCUT2D eigenvalue weighted by atomic mass is 9.46. The molecule has 23 nitrogen and oxygen atoms in total. The molecule has 6 heterocycles. The molecular weight excluding hydrogens is 945 g/mol. The molecule has 0 radical (unpaired) electrons. The molecule has 0 amide bonds. The van der Waals surface area contributed by atoms with Gasteiger partial charge in [-0.05, 0) is 62.2 Å². The Bertz CT molecular complexity index is 1920. The molecule has 0 aromatic rings. The van der Waals surface area contributed by atoms with Crippen molar-refractivity contribution in [1.29, 1.82) is 0 Å². The van der Waals surface area contributed by atoms with Crippen molar-refractivity contribution in [1.82, 2.24) is 0 Å². The minimum absolute atomic E-state index is 0.00248. The van der Waals surface area contributed by atoms with Gasteiger partial charge >= 0.3 is 0 Å². The average Bonchev–Trinajstić information content (AvgIpc) is 3.94. The molecule has 6 aliphatic heterocycles. The van der Waals surface area contributed by atoms with Crippen molar-refractivity contribution in [3.63, 3.8) is 0 Å². The summed E-state index contributed by atoms with van der Waals surface area (Å²) in [5, 5.41) is 143. The van der Waals surface area contributed by atoms with Gasteiger partial charge in [0, 0.05) is 29.6 Å². The normalized spacial score (nSPS) is 58.2. The van der Waals surface area contributed by atoms with Gasteiger partial charge < -0.3 is 114 Å². The number of rotatable bonds is 10. The molecule has 406 valence electrons. The van der Waals surface area contributed by atoms with E-state index in [0.717, 1.165) is 18.4 Å². The number of aliphatic hydroxyl groups excluding tert-OH is 12. The molecule has 9 fully saturated rings. The Morgan fingerprint density at radius 2 is 1.39 bits per heavy atom. The fourth-order valence-electron chi connectivity index (χ4n) is 14.9. The van der Waals surface area contributed by atoms with Crippen LogP contribution in [0.5, 0.6) is 0 Å². The average molecular weight is 1020 g/mol. The van der Waals surface area contributed by atoms with E-state index in [1.807, 2.05) is 0 Å². The zero-order valence-electron chi connectivity index (χ0n) is 40.5. The summed E-state index contributed by atoms with van der Waals surface area (Å²) in [7, 11) is 0. The zero-order valence-corrected chi connectivity index (χ0v) is 40.5. The standard InChI is InChI=1S/C48H76O23/c1-18-13-65-48(39(59)31(18)54)25(12-49)30-28(71-48)11-24-22-6-5-20-9-21(51)10-29(46(20,4)23(22)7-8-45(24,30)3)67-43-38(36(27(53)15-63-43)68-41-34(57)33(56)26(52)14-62-41)70-42-35(58)37(32(55)19(2)66-42)69-44-40(60)47(61,16-50)17-64-44/h5,18-19,21-44,49-61H,6-17H2,1-4H3/t18-,19-,21+,22+,23-,24-,25-,26+,27-,28-,29+,30-,31-,32-,33-,34+,35+,36-,37+,38+,39-,40-,41-,42-,43-,44-,45-,46-,47+,48-/m0/s1. The Balaban J connectivity index is 0.933. The first kappa shape index (κ1) is 53.2. The van der Waals surface area contributed by atoms with Gasteiger partial charge in [-0.15, -0.1) is 0 Å². The van der Waals surface area contributed by atoms with E-state index < -0.39 is 166 Å². The van der Waals surface area contributed by atoms with Crippen LogP contribution in [0, 0.1) is 46.3 Å². The Labute approximate surface area is 411 Å². The van der Waals surface area contributed by atoms with Crippen molar-refractivity contribution in [2.75, 3.05) is 39.6 Å². The number of allylic oxidation sites excluding steroid dienone is 1. The SMILES string of the molecule is C[C@@H]1O[C@@H](O[C@H]2[C@H](O[C@@H]3C[C@H](O)CC4=CC[C@H]5[C@@H]6C[C@@H]7O[C@@]8(OC[C@H](C)[C@H](O)[C@@H]8O)[C@@H](CO)[C@@H]7[C@@]6(C)CC[C@@H]5[C@]43C)OC[C@H](O)[C@@H]2O[C@@H]2OC[C@@H](O)[C@H](O)[C@H]2O)[C@H](O)[C@H](O[C@@H]2OC[C@](O)(CO)[C@H]2O)[C@H]1O. The molecule has 10 rings (SSSR count). The third-order valence-corrected chi connectivity index (χ3v) is 19.0. The third-order valence-electron chi connectivity index (χ3n) is 19.0. The summed E-state index contributed by atoms with van der Waals surface area (Å²) < 4.78 is 61.8. The van der Waals surface area contributed by atoms with Gasteiger partial charge in [0.25, 0.3) is 0 Å². The second-order valence-corrected chi connectivity index (χ2v) is 22.9. The van der Waals surface area contributed by atoms with Crippen molar-refractivity contribution in [2.24, 2.45) is 46.3 Å². The Hall–Kier alpha value is -1.18. The van der Waals surface area contributed by atoms with E-state index in [4.69, 9.17) is 47.4 Å². The zero-order chi connectivity index (χ0) is 50.9. The first-order valence-corrected chi connectivity index (χ1v) is 25.5. The second kappa shape index (κ2) is 19.7. The van der Waals surface area contributed by atoms with E-state index >= 15 is 0 Å². The summed E-state index contributed by atoms with van der Waals surface area (Å²) >= 11 is 0. The number of hydrogen-bond donors (Lipinski definition) is 13. The van der Waals surface area contributed by atoms with Crippen LogP contribution in [-0.4, -0.2) is 240 Å². The minimum atomic E-state index is -2.09. The van der Waals surface area contributed by atoms with Gasteiger partial charge in [-0.25, -0.2) is 0 Å². The molecule has 0 aromatic heterocycles. The van der Waals surface area contributed by atoms with Crippen LogP contribution in [0.3, 0.4) is 0 Å². The van der Waals surface area contributed by atoms with Gasteiger partial charge in [-0.1, -0.05) is 32.4 Å². The Kier molecular flexibility index (Phi) is 14.8. The van der Waals surface area contributed by atoms with Crippen molar-refractivity contribution in [3.05, 3.63) is 11.6 Å². The van der Waals surface area contributed by atoms with Crippen LogP contribution in [0.25, 0.3) is 0 Å². The summed E-state index contributed by atoms with van der Waals surface area (Å²) in [6.07, 6.45) is -22.7. The van der Waals surface area contributed by atoms with Crippen LogP contribution < -0.4 is 0 Å². The molecule has 10 aliphatic rings. The largest absolute Gasteiger partial charge is 0.396 e. The van der Waals surface area contributed by atoms with E-state index in [9.17, 15) is 66.4 Å². The maximum Gasteiger partial charge on any atom is 0.202 e. The minimum Gasteiger partial charge on any atom is -0.396 e. The number of ether oxygens (including phenoxy) is 10. The topological polar surface area (TPSA) is 355 Å². The van der Waals surface area contributed by atoms with Crippen molar-refractivity contribution in [3.8, 4) is 0 Å². The van der Waals surface area contributed by atoms with Gasteiger partial charge in [0.2, 0.25) is 5.79 Å². The summed E-state index contributed by atoms with van der Waals surface area (Å²) in [6, 6.07) is 0. The van der Waals surface area contributed by atoms with Gasteiger partial charge in [-0.3, -0.25) is 0 Å². The van der Waals surface area contributed by atoms with Crippen molar-refractivity contribution < 1.29 is 114 Å². The van der Waals surface area contributed by atoms with E-state index in [2.05, 4.69) is 19.9 Å². The third kappa shape index (κ3) is 8.53. The lowest BCUT2D eigenvalue weighted by Gasteiger charge is -2.61. The van der Waals surface area contributed by atoms with Gasteiger partial charge in [0.15, 0.2) is 25.2 Å². The molecule has 4 aliphatic carbocycles. The molecule has 1 spiro atoms. The van der Waals surface area contributed by atoms with Gasteiger partial charge in [0.05, 0.1) is 70.2 Å². The summed E-state index contributed by atoms with van der Waals surface area (Å²) in [5.41, 5.74) is -2.15. The molecule has 23 heteroatoms. The number of aliphatic hydroxyl groups is 13. The van der Waals surface area contributed by atoms with E-state index in [0.29, 0.717) is 19.3 Å². The second-order valence-electron chi connectivity index (χ2n) is 22.9.